The van der Waals surface area contributed by atoms with E-state index in [0.29, 0.717) is 0 Å². The van der Waals surface area contributed by atoms with E-state index < -0.39 is 23.1 Å². The lowest BCUT2D eigenvalue weighted by molar-refractivity contribution is 0.0819. The Morgan fingerprint density at radius 3 is 2.42 bits per heavy atom. The third-order valence-electron chi connectivity index (χ3n) is 2.20. The van der Waals surface area contributed by atoms with Gasteiger partial charge in [0, 0.05) is 7.05 Å². The van der Waals surface area contributed by atoms with Gasteiger partial charge in [-0.05, 0) is 24.3 Å². The third kappa shape index (κ3) is 4.15. The molecule has 0 fully saturated rings. The van der Waals surface area contributed by atoms with Crippen molar-refractivity contribution in [2.45, 2.75) is 11.3 Å². The van der Waals surface area contributed by atoms with Crippen LogP contribution in [0.4, 0.5) is 8.78 Å². The second kappa shape index (κ2) is 6.45. The molecule has 0 amide bonds. The molecule has 0 aliphatic rings. The highest BCUT2D eigenvalue weighted by molar-refractivity contribution is 7.89. The second-order valence-corrected chi connectivity index (χ2v) is 5.64. The van der Waals surface area contributed by atoms with Crippen molar-refractivity contribution in [1.29, 1.82) is 5.26 Å². The number of nitrogens with zero attached hydrogens (tertiary/aromatic N) is 2. The van der Waals surface area contributed by atoms with Gasteiger partial charge in [-0.25, -0.2) is 17.2 Å². The highest BCUT2D eigenvalue weighted by Gasteiger charge is 2.20. The van der Waals surface area contributed by atoms with E-state index in [9.17, 15) is 17.2 Å². The van der Waals surface area contributed by atoms with E-state index in [-0.39, 0.29) is 17.2 Å². The molecule has 0 radical (unpaired) electrons. The molecule has 1 aromatic carbocycles. The molecule has 19 heavy (non-hydrogen) atoms. The Balaban J connectivity index is 2.84. The third-order valence-corrected chi connectivity index (χ3v) is 4.02. The summed E-state index contributed by atoms with van der Waals surface area (Å²) in [5.41, 5.74) is 0. The first-order valence-electron chi connectivity index (χ1n) is 5.22. The zero-order valence-corrected chi connectivity index (χ0v) is 10.9. The van der Waals surface area contributed by atoms with E-state index in [0.717, 1.165) is 4.31 Å². The lowest BCUT2D eigenvalue weighted by atomic mass is 10.3. The maximum Gasteiger partial charge on any atom is 0.272 e. The van der Waals surface area contributed by atoms with Crippen LogP contribution < -0.4 is 4.74 Å². The molecule has 0 aromatic heterocycles. The van der Waals surface area contributed by atoms with Crippen molar-refractivity contribution in [2.24, 2.45) is 0 Å². The number of ether oxygens (including phenoxy) is 1. The molecule has 5 nitrogen and oxygen atoms in total. The van der Waals surface area contributed by atoms with Gasteiger partial charge >= 0.3 is 0 Å². The summed E-state index contributed by atoms with van der Waals surface area (Å²) in [6.45, 7) is -1.02. The van der Waals surface area contributed by atoms with Crippen molar-refractivity contribution in [1.82, 2.24) is 4.31 Å². The van der Waals surface area contributed by atoms with E-state index in [1.807, 2.05) is 0 Å². The monoisotopic (exact) mass is 290 g/mol. The minimum Gasteiger partial charge on any atom is -0.488 e. The van der Waals surface area contributed by atoms with Crippen LogP contribution in [0.25, 0.3) is 0 Å². The summed E-state index contributed by atoms with van der Waals surface area (Å²) >= 11 is 0. The van der Waals surface area contributed by atoms with Crippen LogP contribution in [0.3, 0.4) is 0 Å². The van der Waals surface area contributed by atoms with Gasteiger partial charge in [0.2, 0.25) is 10.0 Å². The van der Waals surface area contributed by atoms with Gasteiger partial charge in [-0.1, -0.05) is 0 Å². The summed E-state index contributed by atoms with van der Waals surface area (Å²) in [5.74, 6) is 0.155. The molecule has 1 aromatic rings. The first kappa shape index (κ1) is 15.3. The number of hydrogen-bond donors (Lipinski definition) is 0. The number of halogens is 2. The van der Waals surface area contributed by atoms with Gasteiger partial charge in [-0.3, -0.25) is 0 Å². The standard InChI is InChI=1S/C11H12F2N2O3S/c1-15(7-6-14)19(16,17)10-4-2-9(3-5-10)18-8-11(12)13/h2-5,11H,7-8H2,1H3. The van der Waals surface area contributed by atoms with Gasteiger partial charge in [0.15, 0.2) is 0 Å². The van der Waals surface area contributed by atoms with E-state index in [1.54, 1.807) is 6.07 Å². The zero-order chi connectivity index (χ0) is 14.5. The molecule has 0 aliphatic heterocycles. The molecule has 0 unspecified atom stereocenters. The highest BCUT2D eigenvalue weighted by atomic mass is 32.2. The Kier molecular flexibility index (Phi) is 5.20. The molecule has 0 saturated heterocycles. The number of alkyl halides is 2. The van der Waals surface area contributed by atoms with Crippen molar-refractivity contribution in [3.63, 3.8) is 0 Å². The normalized spacial score (nSPS) is 11.6. The lowest BCUT2D eigenvalue weighted by Crippen LogP contribution is -2.27. The fraction of sp³-hybridized carbons (Fsp3) is 0.364. The van der Waals surface area contributed by atoms with Crippen LogP contribution >= 0.6 is 0 Å². The quantitative estimate of drug-likeness (QED) is 0.744. The summed E-state index contributed by atoms with van der Waals surface area (Å²) in [4.78, 5) is -0.0327. The van der Waals surface area contributed by atoms with E-state index in [2.05, 4.69) is 0 Å². The number of sulfonamides is 1. The lowest BCUT2D eigenvalue weighted by Gasteiger charge is -2.14. The molecule has 104 valence electrons. The van der Waals surface area contributed by atoms with Gasteiger partial charge in [0.1, 0.15) is 18.9 Å². The smallest absolute Gasteiger partial charge is 0.272 e. The molecule has 8 heteroatoms. The van der Waals surface area contributed by atoms with Crippen molar-refractivity contribution in [3.05, 3.63) is 24.3 Å². The molecular formula is C11H12F2N2O3S. The van der Waals surface area contributed by atoms with Crippen LogP contribution in [0.1, 0.15) is 0 Å². The average molecular weight is 290 g/mol. The van der Waals surface area contributed by atoms with Crippen LogP contribution in [-0.2, 0) is 10.0 Å². The van der Waals surface area contributed by atoms with Crippen molar-refractivity contribution in [3.8, 4) is 11.8 Å². The van der Waals surface area contributed by atoms with Crippen LogP contribution in [0.2, 0.25) is 0 Å². The van der Waals surface area contributed by atoms with Gasteiger partial charge in [0.05, 0.1) is 11.0 Å². The summed E-state index contributed by atoms with van der Waals surface area (Å²) < 4.78 is 53.3. The summed E-state index contributed by atoms with van der Waals surface area (Å²) in [5, 5.41) is 8.47. The number of benzene rings is 1. The van der Waals surface area contributed by atoms with E-state index in [4.69, 9.17) is 10.00 Å². The molecule has 0 spiro atoms. The van der Waals surface area contributed by atoms with Crippen LogP contribution in [0, 0.1) is 11.3 Å². The van der Waals surface area contributed by atoms with Crippen LogP contribution in [0.15, 0.2) is 29.2 Å². The Morgan fingerprint density at radius 2 is 1.95 bits per heavy atom. The average Bonchev–Trinajstić information content (AvgIpc) is 2.37. The van der Waals surface area contributed by atoms with E-state index >= 15 is 0 Å². The molecule has 0 N–H and O–H groups in total. The molecular weight excluding hydrogens is 278 g/mol. The predicted octanol–water partition coefficient (Wildman–Crippen LogP) is 1.47. The summed E-state index contributed by atoms with van der Waals surface area (Å²) in [6, 6.07) is 6.78. The molecule has 0 bridgehead atoms. The molecule has 0 saturated carbocycles. The molecule has 0 atom stereocenters. The molecule has 0 heterocycles. The zero-order valence-electron chi connectivity index (χ0n) is 10.1. The SMILES string of the molecule is CN(CC#N)S(=O)(=O)c1ccc(OCC(F)F)cc1. The van der Waals surface area contributed by atoms with Crippen molar-refractivity contribution < 1.29 is 21.9 Å². The minimum absolute atomic E-state index is 0.0327. The van der Waals surface area contributed by atoms with Crippen molar-refractivity contribution >= 4 is 10.0 Å². The van der Waals surface area contributed by atoms with Crippen LogP contribution in [-0.4, -0.2) is 39.3 Å². The maximum atomic E-state index is 11.9. The number of hydrogen-bond acceptors (Lipinski definition) is 4. The second-order valence-electron chi connectivity index (χ2n) is 3.59. The first-order valence-corrected chi connectivity index (χ1v) is 6.66. The maximum absolute atomic E-state index is 11.9. The Bertz CT molecular complexity index is 552. The first-order chi connectivity index (χ1) is 8.87. The Hall–Kier alpha value is -1.72. The Morgan fingerprint density at radius 1 is 1.37 bits per heavy atom. The fourth-order valence-electron chi connectivity index (χ4n) is 1.23. The number of nitriles is 1. The van der Waals surface area contributed by atoms with Gasteiger partial charge < -0.3 is 4.74 Å². The summed E-state index contributed by atoms with van der Waals surface area (Å²) in [7, 11) is -2.46. The molecule has 1 rings (SSSR count). The summed E-state index contributed by atoms with van der Waals surface area (Å²) in [6.07, 6.45) is -2.59. The van der Waals surface area contributed by atoms with Gasteiger partial charge in [0.25, 0.3) is 6.43 Å². The number of rotatable bonds is 6. The topological polar surface area (TPSA) is 70.4 Å². The van der Waals surface area contributed by atoms with Gasteiger partial charge in [-0.15, -0.1) is 0 Å². The van der Waals surface area contributed by atoms with Crippen LogP contribution in [0.5, 0.6) is 5.75 Å². The highest BCUT2D eigenvalue weighted by Crippen LogP contribution is 2.19. The minimum atomic E-state index is -3.74. The Labute approximate surface area is 110 Å². The van der Waals surface area contributed by atoms with E-state index in [1.165, 1.54) is 31.3 Å². The fourth-order valence-corrected chi connectivity index (χ4v) is 2.30. The van der Waals surface area contributed by atoms with Crippen molar-refractivity contribution in [2.75, 3.05) is 20.2 Å². The van der Waals surface area contributed by atoms with Gasteiger partial charge in [-0.2, -0.15) is 9.57 Å². The predicted molar refractivity (Wildman–Crippen MR) is 63.4 cm³/mol. The largest absolute Gasteiger partial charge is 0.488 e. The molecule has 0 aliphatic carbocycles.